The summed E-state index contributed by atoms with van der Waals surface area (Å²) in [6, 6.07) is 18.0. The van der Waals surface area contributed by atoms with Crippen LogP contribution >= 0.6 is 11.8 Å². The maximum atomic E-state index is 13.3. The molecule has 8 heteroatoms. The lowest BCUT2D eigenvalue weighted by atomic mass is 10.1. The molecule has 3 aromatic rings. The van der Waals surface area contributed by atoms with Crippen molar-refractivity contribution in [2.75, 3.05) is 44.0 Å². The van der Waals surface area contributed by atoms with Gasteiger partial charge in [0.1, 0.15) is 6.61 Å². The maximum absolute atomic E-state index is 13.3. The lowest BCUT2D eigenvalue weighted by Gasteiger charge is -2.18. The van der Waals surface area contributed by atoms with E-state index in [0.717, 1.165) is 29.4 Å². The Labute approximate surface area is 208 Å². The van der Waals surface area contributed by atoms with E-state index in [1.165, 1.54) is 29.5 Å². The zero-order chi connectivity index (χ0) is 24.4. The van der Waals surface area contributed by atoms with E-state index in [2.05, 4.69) is 4.90 Å². The Morgan fingerprint density at radius 3 is 2.31 bits per heavy atom. The van der Waals surface area contributed by atoms with Crippen LogP contribution in [0.3, 0.4) is 0 Å². The highest BCUT2D eigenvalue weighted by atomic mass is 32.2. The van der Waals surface area contributed by atoms with Gasteiger partial charge in [0.2, 0.25) is 0 Å². The number of hydrogen-bond acceptors (Lipinski definition) is 7. The van der Waals surface area contributed by atoms with Gasteiger partial charge in [-0.05, 0) is 80.5 Å². The van der Waals surface area contributed by atoms with Crippen LogP contribution in [0.4, 0.5) is 11.4 Å². The van der Waals surface area contributed by atoms with Crippen molar-refractivity contribution in [1.82, 2.24) is 4.90 Å². The fourth-order valence-corrected chi connectivity index (χ4v) is 5.25. The fraction of sp³-hybridized carbons (Fsp3) is 0.259. The molecule has 0 aliphatic carbocycles. The molecule has 0 unspecified atom stereocenters. The van der Waals surface area contributed by atoms with Crippen LogP contribution in [0.25, 0.3) is 0 Å². The Morgan fingerprint density at radius 1 is 0.857 bits per heavy atom. The molecule has 2 aliphatic rings. The average Bonchev–Trinajstić information content (AvgIpc) is 3.47. The Balaban J connectivity index is 1.32. The minimum Gasteiger partial charge on any atom is -0.493 e. The number of nitrogens with zero attached hydrogens (tertiary/aromatic N) is 2. The number of ether oxygens (including phenoxy) is 2. The molecule has 3 aromatic carbocycles. The molecule has 0 aromatic heterocycles. The zero-order valence-electron chi connectivity index (χ0n) is 19.5. The van der Waals surface area contributed by atoms with E-state index in [0.29, 0.717) is 40.6 Å². The molecular weight excluding hydrogens is 462 g/mol. The number of nitrogen functional groups attached to an aromatic ring is 1. The van der Waals surface area contributed by atoms with E-state index in [4.69, 9.17) is 15.2 Å². The summed E-state index contributed by atoms with van der Waals surface area (Å²) < 4.78 is 11.4. The molecule has 0 spiro atoms. The highest BCUT2D eigenvalue weighted by Crippen LogP contribution is 2.37. The van der Waals surface area contributed by atoms with E-state index in [1.54, 1.807) is 37.4 Å². The fourth-order valence-electron chi connectivity index (χ4n) is 4.40. The number of fused-ring (bicyclic) bond motifs is 1. The molecule has 2 N–H and O–H groups in total. The van der Waals surface area contributed by atoms with E-state index in [9.17, 15) is 9.59 Å². The van der Waals surface area contributed by atoms with Crippen LogP contribution < -0.4 is 20.1 Å². The van der Waals surface area contributed by atoms with Gasteiger partial charge in [-0.3, -0.25) is 14.5 Å². The molecule has 1 saturated heterocycles. The quantitative estimate of drug-likeness (QED) is 0.362. The van der Waals surface area contributed by atoms with Crippen LogP contribution in [0.2, 0.25) is 0 Å². The number of benzene rings is 3. The summed E-state index contributed by atoms with van der Waals surface area (Å²) >= 11 is 1.51. The largest absolute Gasteiger partial charge is 0.493 e. The number of hydrogen-bond donors (Lipinski definition) is 1. The third-order valence-corrected chi connectivity index (χ3v) is 7.24. The number of likely N-dealkylation sites (tertiary alicyclic amines) is 1. The molecule has 5 rings (SSSR count). The van der Waals surface area contributed by atoms with E-state index < -0.39 is 0 Å². The summed E-state index contributed by atoms with van der Waals surface area (Å²) in [5, 5.41) is 0. The maximum Gasteiger partial charge on any atom is 0.266 e. The van der Waals surface area contributed by atoms with Gasteiger partial charge in [-0.1, -0.05) is 11.8 Å². The first kappa shape index (κ1) is 23.3. The van der Waals surface area contributed by atoms with Gasteiger partial charge in [-0.15, -0.1) is 0 Å². The minimum absolute atomic E-state index is 0.348. The molecule has 2 aliphatic heterocycles. The predicted octanol–water partition coefficient (Wildman–Crippen LogP) is 4.70. The smallest absolute Gasteiger partial charge is 0.266 e. The molecule has 0 radical (unpaired) electrons. The van der Waals surface area contributed by atoms with Crippen LogP contribution in [0.1, 0.15) is 33.6 Å². The number of carbonyl (C=O) groups is 2. The summed E-state index contributed by atoms with van der Waals surface area (Å²) in [5.41, 5.74) is 7.69. The predicted molar refractivity (Wildman–Crippen MR) is 137 cm³/mol. The summed E-state index contributed by atoms with van der Waals surface area (Å²) in [6.07, 6.45) is 2.47. The second-order valence-corrected chi connectivity index (χ2v) is 9.70. The van der Waals surface area contributed by atoms with Crippen molar-refractivity contribution < 1.29 is 19.1 Å². The highest BCUT2D eigenvalue weighted by molar-refractivity contribution is 7.99. The van der Waals surface area contributed by atoms with Crippen LogP contribution in [0, 0.1) is 0 Å². The van der Waals surface area contributed by atoms with Crippen molar-refractivity contribution in [1.29, 1.82) is 0 Å². The molecule has 180 valence electrons. The van der Waals surface area contributed by atoms with Gasteiger partial charge in [-0.25, -0.2) is 4.90 Å². The van der Waals surface area contributed by atoms with Crippen LogP contribution in [-0.4, -0.2) is 50.1 Å². The SMILES string of the molecule is COc1cc(N2C(=O)c3ccc(Sc4ccc(N)cc4)cc3C2=O)ccc1OCCN1CCCC1. The van der Waals surface area contributed by atoms with Gasteiger partial charge in [0.15, 0.2) is 11.5 Å². The average molecular weight is 490 g/mol. The molecule has 7 nitrogen and oxygen atoms in total. The number of nitrogens with two attached hydrogens (primary N) is 1. The number of imide groups is 1. The Morgan fingerprint density at radius 2 is 1.57 bits per heavy atom. The Bertz CT molecular complexity index is 1260. The molecule has 1 fully saturated rings. The topological polar surface area (TPSA) is 85.1 Å². The van der Waals surface area contributed by atoms with Crippen molar-refractivity contribution in [2.45, 2.75) is 22.6 Å². The second-order valence-electron chi connectivity index (χ2n) is 8.56. The van der Waals surface area contributed by atoms with Crippen LogP contribution in [-0.2, 0) is 0 Å². The zero-order valence-corrected chi connectivity index (χ0v) is 20.3. The molecular formula is C27H27N3O4S. The third kappa shape index (κ3) is 4.85. The van der Waals surface area contributed by atoms with E-state index >= 15 is 0 Å². The summed E-state index contributed by atoms with van der Waals surface area (Å²) in [7, 11) is 1.55. The minimum atomic E-state index is -0.352. The van der Waals surface area contributed by atoms with Gasteiger partial charge in [0.25, 0.3) is 11.8 Å². The van der Waals surface area contributed by atoms with E-state index in [-0.39, 0.29) is 11.8 Å². The molecule has 2 amide bonds. The van der Waals surface area contributed by atoms with Crippen molar-refractivity contribution >= 4 is 35.0 Å². The van der Waals surface area contributed by atoms with Crippen LogP contribution in [0.5, 0.6) is 11.5 Å². The van der Waals surface area contributed by atoms with Crippen molar-refractivity contribution in [3.63, 3.8) is 0 Å². The summed E-state index contributed by atoms with van der Waals surface area (Å²) in [4.78, 5) is 31.8. The number of amides is 2. The molecule has 35 heavy (non-hydrogen) atoms. The van der Waals surface area contributed by atoms with Crippen molar-refractivity contribution in [3.8, 4) is 11.5 Å². The first-order valence-electron chi connectivity index (χ1n) is 11.6. The van der Waals surface area contributed by atoms with Gasteiger partial charge in [0.05, 0.1) is 23.9 Å². The molecule has 0 bridgehead atoms. The Kier molecular flexibility index (Phi) is 6.66. The van der Waals surface area contributed by atoms with Gasteiger partial charge in [-0.2, -0.15) is 0 Å². The summed E-state index contributed by atoms with van der Waals surface area (Å²) in [6.45, 7) is 3.63. The first-order chi connectivity index (χ1) is 17.0. The van der Waals surface area contributed by atoms with Gasteiger partial charge in [0, 0.05) is 28.1 Å². The summed E-state index contributed by atoms with van der Waals surface area (Å²) in [5.74, 6) is 0.377. The number of anilines is 2. The monoisotopic (exact) mass is 489 g/mol. The molecule has 0 saturated carbocycles. The van der Waals surface area contributed by atoms with E-state index in [1.807, 2.05) is 30.3 Å². The van der Waals surface area contributed by atoms with Gasteiger partial charge >= 0.3 is 0 Å². The lowest BCUT2D eigenvalue weighted by molar-refractivity contribution is 0.0926. The first-order valence-corrected chi connectivity index (χ1v) is 12.4. The standard InChI is InChI=1S/C27H27N3O4S/c1-33-25-16-19(6-11-24(25)34-15-14-29-12-2-3-13-29)30-26(31)22-10-9-21(17-23(22)27(30)32)35-20-7-4-18(28)5-8-20/h4-11,16-17H,2-3,12-15,28H2,1H3. The lowest BCUT2D eigenvalue weighted by Crippen LogP contribution is -2.29. The Hall–Kier alpha value is -3.49. The number of methoxy groups -OCH3 is 1. The number of rotatable bonds is 8. The molecule has 2 heterocycles. The van der Waals surface area contributed by atoms with Crippen molar-refractivity contribution in [3.05, 3.63) is 71.8 Å². The second kappa shape index (κ2) is 10.0. The normalized spacial score (nSPS) is 15.5. The number of carbonyl (C=O) groups excluding carboxylic acids is 2. The van der Waals surface area contributed by atoms with Crippen molar-refractivity contribution in [2.24, 2.45) is 0 Å². The van der Waals surface area contributed by atoms with Gasteiger partial charge < -0.3 is 15.2 Å². The molecule has 0 atom stereocenters. The van der Waals surface area contributed by atoms with Crippen LogP contribution in [0.15, 0.2) is 70.5 Å². The highest BCUT2D eigenvalue weighted by Gasteiger charge is 2.37. The third-order valence-electron chi connectivity index (χ3n) is 6.24.